The predicted molar refractivity (Wildman–Crippen MR) is 88.6 cm³/mol. The van der Waals surface area contributed by atoms with E-state index in [4.69, 9.17) is 16.1 Å². The fraction of sp³-hybridized carbons (Fsp3) is 0.412. The highest BCUT2D eigenvalue weighted by atomic mass is 35.5. The summed E-state index contributed by atoms with van der Waals surface area (Å²) in [7, 11) is 1.77. The summed E-state index contributed by atoms with van der Waals surface area (Å²) in [5.41, 5.74) is 2.89. The van der Waals surface area contributed by atoms with Crippen LogP contribution in [0.1, 0.15) is 34.9 Å². The van der Waals surface area contributed by atoms with Crippen molar-refractivity contribution in [3.05, 3.63) is 51.9 Å². The number of halogens is 1. The first kappa shape index (κ1) is 15.9. The SMILES string of the molecule is Cc1noc(C)c1CN(C)C(=O)N[C@H]1C[C@@H]1c1ccccc1Cl. The molecule has 1 saturated carbocycles. The van der Waals surface area contributed by atoms with Gasteiger partial charge in [-0.2, -0.15) is 0 Å². The number of hydrogen-bond acceptors (Lipinski definition) is 3. The van der Waals surface area contributed by atoms with E-state index in [9.17, 15) is 4.79 Å². The van der Waals surface area contributed by atoms with Crippen LogP contribution in [0.4, 0.5) is 4.79 Å². The van der Waals surface area contributed by atoms with Crippen molar-refractivity contribution in [2.45, 2.75) is 38.8 Å². The van der Waals surface area contributed by atoms with E-state index in [0.717, 1.165) is 34.0 Å². The molecule has 1 aromatic heterocycles. The van der Waals surface area contributed by atoms with Crippen molar-refractivity contribution in [1.29, 1.82) is 0 Å². The molecule has 0 radical (unpaired) electrons. The van der Waals surface area contributed by atoms with Gasteiger partial charge in [-0.15, -0.1) is 0 Å². The third-order valence-corrected chi connectivity index (χ3v) is 4.67. The van der Waals surface area contributed by atoms with Crippen LogP contribution in [0, 0.1) is 13.8 Å². The van der Waals surface area contributed by atoms with Gasteiger partial charge in [0.25, 0.3) is 0 Å². The maximum atomic E-state index is 12.3. The number of rotatable bonds is 4. The number of urea groups is 1. The highest BCUT2D eigenvalue weighted by Crippen LogP contribution is 2.43. The maximum absolute atomic E-state index is 12.3. The van der Waals surface area contributed by atoms with Crippen molar-refractivity contribution in [1.82, 2.24) is 15.4 Å². The van der Waals surface area contributed by atoms with E-state index < -0.39 is 0 Å². The summed E-state index contributed by atoms with van der Waals surface area (Å²) in [4.78, 5) is 14.0. The highest BCUT2D eigenvalue weighted by Gasteiger charge is 2.41. The average Bonchev–Trinajstić information content (AvgIpc) is 3.21. The minimum absolute atomic E-state index is 0.0930. The van der Waals surface area contributed by atoms with Crippen molar-refractivity contribution in [3.63, 3.8) is 0 Å². The monoisotopic (exact) mass is 333 g/mol. The molecule has 0 saturated heterocycles. The smallest absolute Gasteiger partial charge is 0.317 e. The molecule has 0 aliphatic heterocycles. The van der Waals surface area contributed by atoms with Crippen LogP contribution in [0.3, 0.4) is 0 Å². The Morgan fingerprint density at radius 1 is 1.43 bits per heavy atom. The van der Waals surface area contributed by atoms with Gasteiger partial charge in [0.1, 0.15) is 5.76 Å². The van der Waals surface area contributed by atoms with Gasteiger partial charge in [-0.1, -0.05) is 35.0 Å². The van der Waals surface area contributed by atoms with Gasteiger partial charge in [0, 0.05) is 29.6 Å². The quantitative estimate of drug-likeness (QED) is 0.929. The van der Waals surface area contributed by atoms with Crippen LogP contribution >= 0.6 is 11.6 Å². The van der Waals surface area contributed by atoms with Crippen LogP contribution in [-0.2, 0) is 6.54 Å². The molecule has 1 aliphatic carbocycles. The number of hydrogen-bond donors (Lipinski definition) is 1. The minimum atomic E-state index is -0.0930. The first-order valence-corrected chi connectivity index (χ1v) is 8.03. The number of nitrogens with zero attached hydrogens (tertiary/aromatic N) is 2. The van der Waals surface area contributed by atoms with Gasteiger partial charge >= 0.3 is 6.03 Å². The van der Waals surface area contributed by atoms with E-state index >= 15 is 0 Å². The lowest BCUT2D eigenvalue weighted by Crippen LogP contribution is -2.38. The molecule has 1 heterocycles. The zero-order valence-electron chi connectivity index (χ0n) is 13.5. The van der Waals surface area contributed by atoms with Gasteiger partial charge < -0.3 is 14.7 Å². The fourth-order valence-corrected chi connectivity index (χ4v) is 3.06. The Kier molecular flexibility index (Phi) is 4.31. The summed E-state index contributed by atoms with van der Waals surface area (Å²) >= 11 is 6.21. The first-order valence-electron chi connectivity index (χ1n) is 7.65. The molecule has 2 amide bonds. The molecule has 2 atom stereocenters. The second kappa shape index (κ2) is 6.24. The molecule has 3 rings (SSSR count). The first-order chi connectivity index (χ1) is 11.0. The van der Waals surface area contributed by atoms with Crippen molar-refractivity contribution in [2.24, 2.45) is 0 Å². The Labute approximate surface area is 140 Å². The molecule has 2 aromatic rings. The van der Waals surface area contributed by atoms with Gasteiger partial charge in [0.15, 0.2) is 0 Å². The maximum Gasteiger partial charge on any atom is 0.317 e. The van der Waals surface area contributed by atoms with Crippen molar-refractivity contribution >= 4 is 17.6 Å². The van der Waals surface area contributed by atoms with Gasteiger partial charge in [-0.25, -0.2) is 4.79 Å². The standard InChI is InChI=1S/C17H20ClN3O2/c1-10-14(11(2)23-20-10)9-21(3)17(22)19-16-8-13(16)12-6-4-5-7-15(12)18/h4-7,13,16H,8-9H2,1-3H3,(H,19,22)/t13-,16+/m1/s1. The van der Waals surface area contributed by atoms with Crippen molar-refractivity contribution in [2.75, 3.05) is 7.05 Å². The molecular weight excluding hydrogens is 314 g/mol. The number of carbonyl (C=O) groups excluding carboxylic acids is 1. The lowest BCUT2D eigenvalue weighted by molar-refractivity contribution is 0.206. The number of amides is 2. The molecule has 23 heavy (non-hydrogen) atoms. The normalized spacial score (nSPS) is 19.5. The topological polar surface area (TPSA) is 58.4 Å². The Bertz CT molecular complexity index is 709. The van der Waals surface area contributed by atoms with Gasteiger partial charge in [0.2, 0.25) is 0 Å². The van der Waals surface area contributed by atoms with Crippen molar-refractivity contribution in [3.8, 4) is 0 Å². The molecule has 0 unspecified atom stereocenters. The van der Waals surface area contributed by atoms with Crippen LogP contribution in [0.15, 0.2) is 28.8 Å². The molecule has 122 valence electrons. The average molecular weight is 334 g/mol. The van der Waals surface area contributed by atoms with Crippen LogP contribution in [0.2, 0.25) is 5.02 Å². The molecule has 6 heteroatoms. The zero-order valence-corrected chi connectivity index (χ0v) is 14.2. The van der Waals surface area contributed by atoms with E-state index in [1.54, 1.807) is 11.9 Å². The second-order valence-electron chi connectivity index (χ2n) is 6.08. The molecule has 1 aromatic carbocycles. The highest BCUT2D eigenvalue weighted by molar-refractivity contribution is 6.31. The van der Waals surface area contributed by atoms with Gasteiger partial charge in [-0.05, 0) is 31.9 Å². The van der Waals surface area contributed by atoms with E-state index in [-0.39, 0.29) is 12.1 Å². The third kappa shape index (κ3) is 3.34. The summed E-state index contributed by atoms with van der Waals surface area (Å²) in [6.45, 7) is 4.22. The van der Waals surface area contributed by atoms with Crippen molar-refractivity contribution < 1.29 is 9.32 Å². The lowest BCUT2D eigenvalue weighted by atomic mass is 10.1. The molecule has 5 nitrogen and oxygen atoms in total. The molecular formula is C17H20ClN3O2. The Balaban J connectivity index is 1.57. The minimum Gasteiger partial charge on any atom is -0.361 e. The second-order valence-corrected chi connectivity index (χ2v) is 6.49. The summed E-state index contributed by atoms with van der Waals surface area (Å²) in [5.74, 6) is 1.06. The molecule has 1 fully saturated rings. The molecule has 1 aliphatic rings. The van der Waals surface area contributed by atoms with E-state index in [2.05, 4.69) is 10.5 Å². The van der Waals surface area contributed by atoms with Crippen LogP contribution < -0.4 is 5.32 Å². The van der Waals surface area contributed by atoms with E-state index in [1.165, 1.54) is 0 Å². The van der Waals surface area contributed by atoms with Gasteiger partial charge in [0.05, 0.1) is 12.2 Å². The zero-order chi connectivity index (χ0) is 16.6. The number of aryl methyl sites for hydroxylation is 2. The molecule has 0 bridgehead atoms. The molecule has 0 spiro atoms. The summed E-state index contributed by atoms with van der Waals surface area (Å²) in [6, 6.07) is 7.85. The third-order valence-electron chi connectivity index (χ3n) is 4.33. The van der Waals surface area contributed by atoms with E-state index in [1.807, 2.05) is 38.1 Å². The Morgan fingerprint density at radius 2 is 2.17 bits per heavy atom. The predicted octanol–water partition coefficient (Wildman–Crippen LogP) is 3.64. The van der Waals surface area contributed by atoms with E-state index in [0.29, 0.717) is 12.5 Å². The van der Waals surface area contributed by atoms with Crippen LogP contribution in [-0.4, -0.2) is 29.2 Å². The Morgan fingerprint density at radius 3 is 2.83 bits per heavy atom. The number of benzene rings is 1. The largest absolute Gasteiger partial charge is 0.361 e. The number of carbonyl (C=O) groups is 1. The fourth-order valence-electron chi connectivity index (χ4n) is 2.78. The summed E-state index contributed by atoms with van der Waals surface area (Å²) in [5, 5.41) is 7.74. The van der Waals surface area contributed by atoms with Crippen LogP contribution in [0.5, 0.6) is 0 Å². The van der Waals surface area contributed by atoms with Crippen LogP contribution in [0.25, 0.3) is 0 Å². The summed E-state index contributed by atoms with van der Waals surface area (Å²) < 4.78 is 5.13. The summed E-state index contributed by atoms with van der Waals surface area (Å²) in [6.07, 6.45) is 0.925. The number of aromatic nitrogens is 1. The van der Waals surface area contributed by atoms with Gasteiger partial charge in [-0.3, -0.25) is 0 Å². The lowest BCUT2D eigenvalue weighted by Gasteiger charge is -2.18. The number of nitrogens with one attached hydrogen (secondary N) is 1. The molecule has 1 N–H and O–H groups in total. The Hall–Kier alpha value is -2.01.